The van der Waals surface area contributed by atoms with Gasteiger partial charge in [0.2, 0.25) is 17.7 Å². The molecule has 0 unspecified atom stereocenters. The molecular weight excluding hydrogens is 424 g/mol. The first-order valence-corrected chi connectivity index (χ1v) is 11.7. The minimum absolute atomic E-state index is 0.0773. The maximum Gasteiger partial charge on any atom is 0.294 e. The van der Waals surface area contributed by atoms with E-state index in [9.17, 15) is 24.5 Å². The number of allylic oxidation sites excluding steroid dienone is 2. The number of anilines is 2. The van der Waals surface area contributed by atoms with Crippen molar-refractivity contribution < 1.29 is 19.3 Å². The molecule has 0 N–H and O–H groups in total. The molecule has 4 rings (SSSR count). The van der Waals surface area contributed by atoms with Crippen molar-refractivity contribution in [3.63, 3.8) is 0 Å². The molecule has 9 nitrogen and oxygen atoms in total. The second-order valence-corrected chi connectivity index (χ2v) is 8.89. The van der Waals surface area contributed by atoms with E-state index in [1.807, 2.05) is 30.9 Å². The fourth-order valence-corrected chi connectivity index (χ4v) is 5.31. The van der Waals surface area contributed by atoms with Crippen molar-refractivity contribution in [2.75, 3.05) is 36.0 Å². The third-order valence-electron chi connectivity index (χ3n) is 7.11. The minimum Gasteiger partial charge on any atom is -0.365 e. The van der Waals surface area contributed by atoms with Crippen LogP contribution in [0.5, 0.6) is 0 Å². The SMILES string of the molecule is CCN(CC)C(=O)[C@@H]1CCCN(c2ccc(N3C(=O)[C@H]4CC=CC[C@@H]4C3=O)cc2[N+](=O)[O-])C1. The van der Waals surface area contributed by atoms with E-state index in [4.69, 9.17) is 0 Å². The first kappa shape index (κ1) is 22.9. The number of benzene rings is 1. The van der Waals surface area contributed by atoms with Gasteiger partial charge in [-0.2, -0.15) is 0 Å². The molecule has 0 spiro atoms. The lowest BCUT2D eigenvalue weighted by atomic mass is 9.85. The number of fused-ring (bicyclic) bond motifs is 1. The molecule has 176 valence electrons. The maximum absolute atomic E-state index is 12.9. The average molecular weight is 455 g/mol. The Kier molecular flexibility index (Phi) is 6.49. The summed E-state index contributed by atoms with van der Waals surface area (Å²) in [5.41, 5.74) is 0.499. The molecule has 2 aliphatic heterocycles. The zero-order chi connectivity index (χ0) is 23.7. The number of hydrogen-bond donors (Lipinski definition) is 0. The summed E-state index contributed by atoms with van der Waals surface area (Å²) in [6.07, 6.45) is 6.37. The third-order valence-corrected chi connectivity index (χ3v) is 7.11. The summed E-state index contributed by atoms with van der Waals surface area (Å²) in [6, 6.07) is 4.54. The van der Waals surface area contributed by atoms with Crippen LogP contribution >= 0.6 is 0 Å². The Bertz CT molecular complexity index is 977. The van der Waals surface area contributed by atoms with Gasteiger partial charge >= 0.3 is 0 Å². The molecule has 0 saturated carbocycles. The molecule has 0 bridgehead atoms. The standard InChI is InChI=1S/C24H30N4O5/c1-3-25(4-2)22(29)16-8-7-13-26(15-16)20-12-11-17(14-21(20)28(32)33)27-23(30)18-9-5-6-10-19(18)24(27)31/h5-6,11-12,14,16,18-19H,3-4,7-10,13,15H2,1-2H3/t16-,18+,19+/m1/s1. The van der Waals surface area contributed by atoms with E-state index in [1.54, 1.807) is 17.0 Å². The quantitative estimate of drug-likeness (QED) is 0.283. The van der Waals surface area contributed by atoms with E-state index in [0.717, 1.165) is 17.7 Å². The predicted octanol–water partition coefficient (Wildman–Crippen LogP) is 3.14. The summed E-state index contributed by atoms with van der Waals surface area (Å²) in [4.78, 5) is 55.0. The molecule has 1 aliphatic carbocycles. The predicted molar refractivity (Wildman–Crippen MR) is 124 cm³/mol. The van der Waals surface area contributed by atoms with Crippen molar-refractivity contribution in [1.29, 1.82) is 0 Å². The number of nitrogens with zero attached hydrogens (tertiary/aromatic N) is 4. The number of amides is 3. The molecule has 3 amide bonds. The molecule has 2 heterocycles. The van der Waals surface area contributed by atoms with Crippen molar-refractivity contribution in [2.24, 2.45) is 17.8 Å². The largest absolute Gasteiger partial charge is 0.365 e. The van der Waals surface area contributed by atoms with Gasteiger partial charge in [0.1, 0.15) is 5.69 Å². The Hall–Kier alpha value is -3.23. The van der Waals surface area contributed by atoms with Crippen LogP contribution < -0.4 is 9.80 Å². The van der Waals surface area contributed by atoms with Crippen molar-refractivity contribution in [3.8, 4) is 0 Å². The second kappa shape index (κ2) is 9.33. The average Bonchev–Trinajstić information content (AvgIpc) is 3.09. The van der Waals surface area contributed by atoms with Gasteiger partial charge in [-0.3, -0.25) is 24.5 Å². The van der Waals surface area contributed by atoms with Gasteiger partial charge in [-0.05, 0) is 51.7 Å². The number of nitro benzene ring substituents is 1. The highest BCUT2D eigenvalue weighted by Gasteiger charge is 2.48. The summed E-state index contributed by atoms with van der Waals surface area (Å²) in [5, 5.41) is 12.0. The number of carbonyl (C=O) groups is 3. The van der Waals surface area contributed by atoms with Crippen LogP contribution in [0.2, 0.25) is 0 Å². The molecule has 33 heavy (non-hydrogen) atoms. The molecule has 2 saturated heterocycles. The van der Waals surface area contributed by atoms with Gasteiger partial charge in [0.05, 0.1) is 28.4 Å². The number of imide groups is 1. The molecule has 1 aromatic rings. The fraction of sp³-hybridized carbons (Fsp3) is 0.542. The van der Waals surface area contributed by atoms with Gasteiger partial charge in [-0.25, -0.2) is 4.90 Å². The maximum atomic E-state index is 12.9. The normalized spacial score (nSPS) is 24.7. The van der Waals surface area contributed by atoms with E-state index in [-0.39, 0.29) is 35.0 Å². The van der Waals surface area contributed by atoms with E-state index < -0.39 is 16.8 Å². The highest BCUT2D eigenvalue weighted by atomic mass is 16.6. The van der Waals surface area contributed by atoms with Gasteiger partial charge in [0.25, 0.3) is 5.69 Å². The van der Waals surface area contributed by atoms with Crippen molar-refractivity contribution in [2.45, 2.75) is 39.5 Å². The molecule has 2 fully saturated rings. The molecular formula is C24H30N4O5. The van der Waals surface area contributed by atoms with Crippen molar-refractivity contribution >= 4 is 34.8 Å². The first-order valence-electron chi connectivity index (χ1n) is 11.7. The van der Waals surface area contributed by atoms with E-state index >= 15 is 0 Å². The van der Waals surface area contributed by atoms with Crippen molar-refractivity contribution in [3.05, 3.63) is 40.5 Å². The minimum atomic E-state index is -0.478. The number of carbonyl (C=O) groups excluding carboxylic acids is 3. The lowest BCUT2D eigenvalue weighted by Crippen LogP contribution is -2.45. The summed E-state index contributed by atoms with van der Waals surface area (Å²) < 4.78 is 0. The van der Waals surface area contributed by atoms with Crippen LogP contribution in [0.25, 0.3) is 0 Å². The Morgan fingerprint density at radius 3 is 2.33 bits per heavy atom. The number of piperidine rings is 1. The number of nitro groups is 1. The Morgan fingerprint density at radius 1 is 1.12 bits per heavy atom. The van der Waals surface area contributed by atoms with Crippen LogP contribution in [0.3, 0.4) is 0 Å². The third kappa shape index (κ3) is 4.12. The van der Waals surface area contributed by atoms with Gasteiger partial charge in [-0.1, -0.05) is 12.2 Å². The first-order chi connectivity index (χ1) is 15.9. The Labute approximate surface area is 193 Å². The van der Waals surface area contributed by atoms with E-state index in [1.165, 1.54) is 6.07 Å². The van der Waals surface area contributed by atoms with Crippen LogP contribution in [0.1, 0.15) is 39.5 Å². The summed E-state index contributed by atoms with van der Waals surface area (Å²) in [5.74, 6) is -1.51. The molecule has 3 atom stereocenters. The fourth-order valence-electron chi connectivity index (χ4n) is 5.31. The summed E-state index contributed by atoms with van der Waals surface area (Å²) >= 11 is 0. The lowest BCUT2D eigenvalue weighted by Gasteiger charge is -2.35. The molecule has 9 heteroatoms. The zero-order valence-corrected chi connectivity index (χ0v) is 19.1. The number of hydrogen-bond acceptors (Lipinski definition) is 6. The van der Waals surface area contributed by atoms with E-state index in [0.29, 0.717) is 44.7 Å². The van der Waals surface area contributed by atoms with Crippen LogP contribution in [0.15, 0.2) is 30.4 Å². The molecule has 0 radical (unpaired) electrons. The highest BCUT2D eigenvalue weighted by Crippen LogP contribution is 2.41. The van der Waals surface area contributed by atoms with Crippen molar-refractivity contribution in [1.82, 2.24) is 4.90 Å². The second-order valence-electron chi connectivity index (χ2n) is 8.89. The van der Waals surface area contributed by atoms with Crippen LogP contribution in [-0.2, 0) is 14.4 Å². The van der Waals surface area contributed by atoms with E-state index in [2.05, 4.69) is 0 Å². The molecule has 0 aromatic heterocycles. The van der Waals surface area contributed by atoms with Gasteiger partial charge in [0, 0.05) is 32.2 Å². The Balaban J connectivity index is 1.61. The summed E-state index contributed by atoms with van der Waals surface area (Å²) in [6.45, 7) is 6.18. The van der Waals surface area contributed by atoms with Gasteiger partial charge in [0.15, 0.2) is 0 Å². The van der Waals surface area contributed by atoms with Crippen LogP contribution in [0.4, 0.5) is 17.1 Å². The van der Waals surface area contributed by atoms with Gasteiger partial charge in [-0.15, -0.1) is 0 Å². The monoisotopic (exact) mass is 454 g/mol. The van der Waals surface area contributed by atoms with Crippen LogP contribution in [0, 0.1) is 27.9 Å². The Morgan fingerprint density at radius 2 is 1.76 bits per heavy atom. The smallest absolute Gasteiger partial charge is 0.294 e. The van der Waals surface area contributed by atoms with Crippen LogP contribution in [-0.4, -0.2) is 53.7 Å². The topological polar surface area (TPSA) is 104 Å². The molecule has 1 aromatic carbocycles. The zero-order valence-electron chi connectivity index (χ0n) is 19.1. The summed E-state index contributed by atoms with van der Waals surface area (Å²) in [7, 11) is 0. The molecule has 3 aliphatic rings. The highest BCUT2D eigenvalue weighted by molar-refractivity contribution is 6.22. The number of rotatable bonds is 6. The van der Waals surface area contributed by atoms with Gasteiger partial charge < -0.3 is 9.80 Å². The lowest BCUT2D eigenvalue weighted by molar-refractivity contribution is -0.384.